The number of benzene rings is 2. The number of carbonyl (C=O) groups excluding carboxylic acids is 2. The molecule has 0 N–H and O–H groups in total. The maximum Gasteiger partial charge on any atom is 0.300 e. The molecule has 4 radical (unpaired) electrons. The van der Waals surface area contributed by atoms with E-state index in [4.69, 9.17) is 25.2 Å². The van der Waals surface area contributed by atoms with E-state index in [1.54, 1.807) is 0 Å². The second-order valence-corrected chi connectivity index (χ2v) is 7.82. The molecule has 30 heavy (non-hydrogen) atoms. The van der Waals surface area contributed by atoms with Gasteiger partial charge in [-0.25, -0.2) is 0 Å². The Bertz CT molecular complexity index is 730. The second-order valence-electron chi connectivity index (χ2n) is 7.82. The standard InChI is InChI=1S/C24H28B2O4/c1-16(14-29-23(27)21(25)17(2)19-10-6-4-7-11-19)15-30-24(28)22(26)18(3)20-12-8-5-9-13-20/h4-13,16-18,21-22H,14-15H2,1-3H3. The zero-order valence-corrected chi connectivity index (χ0v) is 17.9. The van der Waals surface area contributed by atoms with Gasteiger partial charge in [0.25, 0.3) is 0 Å². The Morgan fingerprint density at radius 1 is 0.700 bits per heavy atom. The van der Waals surface area contributed by atoms with Crippen LogP contribution in [0.1, 0.15) is 43.7 Å². The highest BCUT2D eigenvalue weighted by Gasteiger charge is 2.25. The lowest BCUT2D eigenvalue weighted by molar-refractivity contribution is -0.148. The summed E-state index contributed by atoms with van der Waals surface area (Å²) in [6.45, 7) is 5.85. The summed E-state index contributed by atoms with van der Waals surface area (Å²) in [5, 5.41) is 0. The average molecular weight is 402 g/mol. The molecule has 0 saturated heterocycles. The molecule has 0 aromatic heterocycles. The van der Waals surface area contributed by atoms with Crippen LogP contribution in [-0.2, 0) is 19.1 Å². The monoisotopic (exact) mass is 402 g/mol. The summed E-state index contributed by atoms with van der Waals surface area (Å²) in [5.74, 6) is -2.97. The maximum absolute atomic E-state index is 12.3. The molecule has 0 aliphatic rings. The first-order valence-electron chi connectivity index (χ1n) is 10.3. The number of carbonyl (C=O) groups is 2. The molecule has 4 atom stereocenters. The van der Waals surface area contributed by atoms with E-state index >= 15 is 0 Å². The van der Waals surface area contributed by atoms with Crippen molar-refractivity contribution in [3.8, 4) is 0 Å². The van der Waals surface area contributed by atoms with Crippen molar-refractivity contribution < 1.29 is 19.1 Å². The fourth-order valence-electron chi connectivity index (χ4n) is 3.03. The number of esters is 2. The van der Waals surface area contributed by atoms with Crippen LogP contribution in [0, 0.1) is 5.92 Å². The lowest BCUT2D eigenvalue weighted by Crippen LogP contribution is -2.24. The Hall–Kier alpha value is -2.49. The van der Waals surface area contributed by atoms with Gasteiger partial charge in [0.15, 0.2) is 0 Å². The fraction of sp³-hybridized carbons (Fsp3) is 0.417. The van der Waals surface area contributed by atoms with E-state index in [2.05, 4.69) is 0 Å². The first kappa shape index (κ1) is 23.8. The Labute approximate surface area is 182 Å². The molecule has 4 nitrogen and oxygen atoms in total. The zero-order valence-electron chi connectivity index (χ0n) is 17.9. The minimum Gasteiger partial charge on any atom is -0.466 e. The van der Waals surface area contributed by atoms with Crippen LogP contribution in [0.15, 0.2) is 60.7 Å². The van der Waals surface area contributed by atoms with Crippen LogP contribution in [0.2, 0.25) is 11.6 Å². The van der Waals surface area contributed by atoms with Crippen molar-refractivity contribution in [2.24, 2.45) is 5.92 Å². The molecule has 0 spiro atoms. The molecule has 2 aromatic rings. The summed E-state index contributed by atoms with van der Waals surface area (Å²) < 4.78 is 10.7. The molecule has 0 aliphatic heterocycles. The molecule has 4 unspecified atom stereocenters. The third-order valence-corrected chi connectivity index (χ3v) is 5.29. The largest absolute Gasteiger partial charge is 0.466 e. The summed E-state index contributed by atoms with van der Waals surface area (Å²) in [5.41, 5.74) is 1.95. The second kappa shape index (κ2) is 11.6. The predicted octanol–water partition coefficient (Wildman–Crippen LogP) is 4.23. The van der Waals surface area contributed by atoms with Crippen molar-refractivity contribution >= 4 is 27.6 Å². The molecule has 154 valence electrons. The SMILES string of the molecule is [B]C(C(=O)OCC(C)COC(=O)C([B])C(C)c1ccccc1)C(C)c1ccccc1. The number of rotatable bonds is 10. The van der Waals surface area contributed by atoms with Crippen LogP contribution >= 0.6 is 0 Å². The quantitative estimate of drug-likeness (QED) is 0.441. The van der Waals surface area contributed by atoms with E-state index in [0.717, 1.165) is 11.1 Å². The molecular formula is C24H28B2O4. The van der Waals surface area contributed by atoms with Crippen molar-refractivity contribution in [1.29, 1.82) is 0 Å². The van der Waals surface area contributed by atoms with Gasteiger partial charge in [0.1, 0.15) is 0 Å². The molecule has 0 saturated carbocycles. The highest BCUT2D eigenvalue weighted by atomic mass is 16.5. The number of hydrogen-bond acceptors (Lipinski definition) is 4. The highest BCUT2D eigenvalue weighted by Crippen LogP contribution is 2.28. The van der Waals surface area contributed by atoms with Crippen molar-refractivity contribution in [3.05, 3.63) is 71.8 Å². The van der Waals surface area contributed by atoms with Gasteiger partial charge in [-0.3, -0.25) is 9.59 Å². The molecule has 0 bridgehead atoms. The normalized spacial score (nSPS) is 16.0. The summed E-state index contributed by atoms with van der Waals surface area (Å²) >= 11 is 0. The van der Waals surface area contributed by atoms with Crippen LogP contribution < -0.4 is 0 Å². The molecule has 0 heterocycles. The van der Waals surface area contributed by atoms with Crippen LogP contribution in [-0.4, -0.2) is 40.8 Å². The molecule has 6 heteroatoms. The lowest BCUT2D eigenvalue weighted by atomic mass is 9.74. The van der Waals surface area contributed by atoms with Crippen molar-refractivity contribution in [2.45, 2.75) is 44.2 Å². The van der Waals surface area contributed by atoms with Crippen molar-refractivity contribution in [1.82, 2.24) is 0 Å². The Kier molecular flexibility index (Phi) is 9.22. The number of hydrogen-bond donors (Lipinski definition) is 0. The van der Waals surface area contributed by atoms with Gasteiger partial charge < -0.3 is 9.47 Å². The predicted molar refractivity (Wildman–Crippen MR) is 120 cm³/mol. The minimum atomic E-state index is -0.762. The van der Waals surface area contributed by atoms with E-state index < -0.39 is 23.6 Å². The van der Waals surface area contributed by atoms with Gasteiger partial charge in [-0.05, 0) is 23.0 Å². The summed E-state index contributed by atoms with van der Waals surface area (Å²) in [6.07, 6.45) is 0. The summed E-state index contributed by atoms with van der Waals surface area (Å²) in [6, 6.07) is 19.2. The van der Waals surface area contributed by atoms with E-state index in [1.165, 1.54) is 0 Å². The third kappa shape index (κ3) is 6.79. The first-order chi connectivity index (χ1) is 14.3. The Morgan fingerprint density at radius 3 is 1.37 bits per heavy atom. The maximum atomic E-state index is 12.3. The van der Waals surface area contributed by atoms with Crippen LogP contribution in [0.5, 0.6) is 0 Å². The molecule has 0 amide bonds. The molecule has 2 rings (SSSR count). The van der Waals surface area contributed by atoms with Crippen LogP contribution in [0.25, 0.3) is 0 Å². The first-order valence-corrected chi connectivity index (χ1v) is 10.3. The Morgan fingerprint density at radius 2 is 1.03 bits per heavy atom. The van der Waals surface area contributed by atoms with E-state index in [0.29, 0.717) is 0 Å². The van der Waals surface area contributed by atoms with Gasteiger partial charge in [0.2, 0.25) is 0 Å². The van der Waals surface area contributed by atoms with Gasteiger partial charge in [-0.15, -0.1) is 0 Å². The molecule has 0 fully saturated rings. The van der Waals surface area contributed by atoms with Gasteiger partial charge in [-0.2, -0.15) is 0 Å². The fourth-order valence-corrected chi connectivity index (χ4v) is 3.03. The van der Waals surface area contributed by atoms with E-state index in [9.17, 15) is 9.59 Å². The summed E-state index contributed by atoms with van der Waals surface area (Å²) in [7, 11) is 12.1. The molecule has 2 aromatic carbocycles. The summed E-state index contributed by atoms with van der Waals surface area (Å²) in [4.78, 5) is 24.6. The molecule has 0 aliphatic carbocycles. The minimum absolute atomic E-state index is 0.116. The Balaban J connectivity index is 1.75. The highest BCUT2D eigenvalue weighted by molar-refractivity contribution is 6.23. The number of ether oxygens (including phenoxy) is 2. The average Bonchev–Trinajstić information content (AvgIpc) is 2.80. The topological polar surface area (TPSA) is 52.6 Å². The lowest BCUT2D eigenvalue weighted by Gasteiger charge is -2.22. The van der Waals surface area contributed by atoms with Crippen molar-refractivity contribution in [2.75, 3.05) is 13.2 Å². The zero-order chi connectivity index (χ0) is 22.1. The van der Waals surface area contributed by atoms with E-state index in [1.807, 2.05) is 81.4 Å². The van der Waals surface area contributed by atoms with Gasteiger partial charge in [-0.1, -0.05) is 81.4 Å². The smallest absolute Gasteiger partial charge is 0.300 e. The van der Waals surface area contributed by atoms with Crippen LogP contribution in [0.4, 0.5) is 0 Å². The third-order valence-electron chi connectivity index (χ3n) is 5.29. The van der Waals surface area contributed by atoms with E-state index in [-0.39, 0.29) is 31.0 Å². The van der Waals surface area contributed by atoms with Gasteiger partial charge >= 0.3 is 11.9 Å². The van der Waals surface area contributed by atoms with Gasteiger partial charge in [0, 0.05) is 17.6 Å². The van der Waals surface area contributed by atoms with Gasteiger partial charge in [0.05, 0.1) is 28.9 Å². The van der Waals surface area contributed by atoms with Crippen LogP contribution in [0.3, 0.4) is 0 Å². The van der Waals surface area contributed by atoms with Crippen molar-refractivity contribution in [3.63, 3.8) is 0 Å². The molecular weight excluding hydrogens is 374 g/mol.